The minimum absolute atomic E-state index is 0.0683. The Hall–Kier alpha value is -3.35. The number of fused-ring (bicyclic) bond motifs is 4. The van der Waals surface area contributed by atoms with Gasteiger partial charge in [0, 0.05) is 29.1 Å². The van der Waals surface area contributed by atoms with E-state index >= 15 is 0 Å². The summed E-state index contributed by atoms with van der Waals surface area (Å²) in [5.41, 5.74) is 2.88. The number of nitrogens with zero attached hydrogens (tertiary/aromatic N) is 1. The van der Waals surface area contributed by atoms with Gasteiger partial charge in [0.15, 0.2) is 5.92 Å². The normalized spacial score (nSPS) is 30.9. The first-order chi connectivity index (χ1) is 23.8. The van der Waals surface area contributed by atoms with Gasteiger partial charge in [-0.1, -0.05) is 24.6 Å². The van der Waals surface area contributed by atoms with Gasteiger partial charge in [0.25, 0.3) is 5.91 Å². The van der Waals surface area contributed by atoms with Crippen molar-refractivity contribution in [1.29, 1.82) is 0 Å². The van der Waals surface area contributed by atoms with Gasteiger partial charge < -0.3 is 24.2 Å². The molecule has 13 heteroatoms. The molecule has 272 valence electrons. The fourth-order valence-electron chi connectivity index (χ4n) is 8.71. The third kappa shape index (κ3) is 6.95. The Balaban J connectivity index is 1.42. The van der Waals surface area contributed by atoms with Crippen LogP contribution in [0.4, 0.5) is 5.69 Å². The zero-order valence-electron chi connectivity index (χ0n) is 29.0. The van der Waals surface area contributed by atoms with Gasteiger partial charge in [-0.05, 0) is 117 Å². The summed E-state index contributed by atoms with van der Waals surface area (Å²) in [5.74, 6) is -4.58. The highest BCUT2D eigenvalue weighted by Crippen LogP contribution is 2.47. The number of carbonyl (C=O) groups is 3. The molecule has 0 radical (unpaired) electrons. The van der Waals surface area contributed by atoms with E-state index < -0.39 is 57.0 Å². The number of esters is 2. The summed E-state index contributed by atoms with van der Waals surface area (Å²) in [6, 6.07) is 11.1. The first kappa shape index (κ1) is 36.4. The lowest BCUT2D eigenvalue weighted by Crippen LogP contribution is -2.50. The smallest absolute Gasteiger partial charge is 0.320 e. The minimum atomic E-state index is -4.21. The lowest BCUT2D eigenvalue weighted by Gasteiger charge is -2.46. The van der Waals surface area contributed by atoms with E-state index in [1.807, 2.05) is 12.1 Å². The molecule has 2 aromatic rings. The average Bonchev–Trinajstić information content (AvgIpc) is 3.22. The molecule has 2 N–H and O–H groups in total. The van der Waals surface area contributed by atoms with Gasteiger partial charge in [-0.25, -0.2) is 13.1 Å². The molecule has 1 spiro atoms. The first-order valence-electron chi connectivity index (χ1n) is 17.5. The number of amides is 1. The van der Waals surface area contributed by atoms with E-state index in [2.05, 4.69) is 15.7 Å². The number of benzene rings is 2. The van der Waals surface area contributed by atoms with Crippen molar-refractivity contribution in [3.8, 4) is 5.75 Å². The van der Waals surface area contributed by atoms with E-state index in [0.717, 1.165) is 32.1 Å². The molecule has 4 aliphatic rings. The van der Waals surface area contributed by atoms with E-state index in [0.29, 0.717) is 36.2 Å². The van der Waals surface area contributed by atoms with E-state index in [1.54, 1.807) is 25.1 Å². The van der Waals surface area contributed by atoms with Gasteiger partial charge >= 0.3 is 11.9 Å². The topological polar surface area (TPSA) is 149 Å². The summed E-state index contributed by atoms with van der Waals surface area (Å²) >= 11 is 6.41. The van der Waals surface area contributed by atoms with Gasteiger partial charge in [-0.2, -0.15) is 0 Å². The van der Waals surface area contributed by atoms with Crippen LogP contribution in [0.3, 0.4) is 0 Å². The number of hydrogen-bond donors (Lipinski definition) is 2. The molecule has 1 saturated carbocycles. The van der Waals surface area contributed by atoms with Gasteiger partial charge in [-0.3, -0.25) is 14.4 Å². The minimum Gasteiger partial charge on any atom is -0.490 e. The highest BCUT2D eigenvalue weighted by molar-refractivity contribution is 7.90. The SMILES string of the molecule is COC(=O)C(C(=O)OC)[C@@H]1C[C@@H](O)[C@@H]2CC[C@H]2CN2C[C@@]3(CCCc4cc(Cl)ccc43)COc3ccc(cc32)C(=O)NS(=O)(=O)[C@H](C)[C@@H](C)C1. The largest absolute Gasteiger partial charge is 0.490 e. The molecular formula is C37H47ClN2O9S. The molecule has 2 heterocycles. The Bertz CT molecular complexity index is 1740. The fourth-order valence-corrected chi connectivity index (χ4v) is 10.2. The predicted octanol–water partition coefficient (Wildman–Crippen LogP) is 4.66. The van der Waals surface area contributed by atoms with Crippen molar-refractivity contribution < 1.29 is 42.1 Å². The van der Waals surface area contributed by atoms with Crippen LogP contribution in [0.25, 0.3) is 0 Å². The number of aryl methyl sites for hydroxylation is 1. The van der Waals surface area contributed by atoms with Crippen molar-refractivity contribution >= 4 is 45.2 Å². The second-order valence-corrected chi connectivity index (χ2v) is 17.2. The third-order valence-corrected chi connectivity index (χ3v) is 14.0. The first-order valence-corrected chi connectivity index (χ1v) is 19.4. The zero-order valence-corrected chi connectivity index (χ0v) is 30.6. The van der Waals surface area contributed by atoms with Crippen LogP contribution in [-0.2, 0) is 40.9 Å². The zero-order chi connectivity index (χ0) is 36.0. The Morgan fingerprint density at radius 2 is 1.82 bits per heavy atom. The highest BCUT2D eigenvalue weighted by atomic mass is 35.5. The van der Waals surface area contributed by atoms with Gasteiger partial charge in [0.2, 0.25) is 10.0 Å². The Morgan fingerprint density at radius 1 is 1.08 bits per heavy atom. The van der Waals surface area contributed by atoms with E-state index in [1.165, 1.54) is 32.3 Å². The molecule has 0 aromatic heterocycles. The summed E-state index contributed by atoms with van der Waals surface area (Å²) < 4.78 is 46.0. The van der Waals surface area contributed by atoms with Crippen LogP contribution in [0.15, 0.2) is 36.4 Å². The Morgan fingerprint density at radius 3 is 2.50 bits per heavy atom. The molecule has 0 unspecified atom stereocenters. The van der Waals surface area contributed by atoms with Crippen LogP contribution in [0.5, 0.6) is 5.75 Å². The lowest BCUT2D eigenvalue weighted by atomic mass is 9.66. The molecule has 11 nitrogen and oxygen atoms in total. The van der Waals surface area contributed by atoms with E-state index in [4.69, 9.17) is 25.8 Å². The number of carbonyl (C=O) groups excluding carboxylic acids is 3. The van der Waals surface area contributed by atoms with Crippen molar-refractivity contribution in [2.24, 2.45) is 29.6 Å². The third-order valence-electron chi connectivity index (χ3n) is 11.9. The van der Waals surface area contributed by atoms with Crippen molar-refractivity contribution in [3.05, 3.63) is 58.1 Å². The second kappa shape index (κ2) is 14.3. The molecule has 50 heavy (non-hydrogen) atoms. The summed E-state index contributed by atoms with van der Waals surface area (Å²) in [6.07, 6.45) is 3.66. The standard InChI is InChI=1S/C37H47ClN2O9S/c1-21-14-26(33(35(43)47-3)36(44)48-4)17-31(41)28-10-7-25(28)18-40-19-37(13-5-6-23-15-27(38)9-11-29(23)37)20-49-32-12-8-24(16-30(32)40)34(42)39-50(45,46)22(21)2/h8-9,11-12,15-16,21-22,25-26,28,31,33,41H,5-7,10,13-14,17-20H2,1-4H3,(H,39,42)/t21-,22+,25-,26-,28+,31+,37-/m0/s1. The number of ether oxygens (including phenoxy) is 3. The Labute approximate surface area is 299 Å². The molecular weight excluding hydrogens is 684 g/mol. The van der Waals surface area contributed by atoms with Crippen molar-refractivity contribution in [1.82, 2.24) is 4.72 Å². The molecule has 2 aromatic carbocycles. The number of sulfonamides is 1. The monoisotopic (exact) mass is 730 g/mol. The summed E-state index contributed by atoms with van der Waals surface area (Å²) in [5, 5.41) is 11.4. The highest BCUT2D eigenvalue weighted by Gasteiger charge is 2.47. The summed E-state index contributed by atoms with van der Waals surface area (Å²) in [7, 11) is -1.85. The number of methoxy groups -OCH3 is 2. The van der Waals surface area contributed by atoms with Crippen LogP contribution < -0.4 is 14.4 Å². The summed E-state index contributed by atoms with van der Waals surface area (Å²) in [6.45, 7) is 4.75. The molecule has 7 atom stereocenters. The molecule has 1 amide bonds. The van der Waals surface area contributed by atoms with Gasteiger partial charge in [0.05, 0.1) is 37.9 Å². The van der Waals surface area contributed by atoms with Crippen molar-refractivity contribution in [2.45, 2.75) is 75.6 Å². The van der Waals surface area contributed by atoms with Crippen LogP contribution in [0, 0.1) is 29.6 Å². The molecule has 2 bridgehead atoms. The second-order valence-electron chi connectivity index (χ2n) is 14.8. The fraction of sp³-hybridized carbons (Fsp3) is 0.595. The van der Waals surface area contributed by atoms with E-state index in [-0.39, 0.29) is 35.7 Å². The number of rotatable bonds is 3. The lowest BCUT2D eigenvalue weighted by molar-refractivity contribution is -0.162. The van der Waals surface area contributed by atoms with Gasteiger partial charge in [0.1, 0.15) is 5.75 Å². The number of nitrogens with one attached hydrogen (secondary N) is 1. The molecule has 2 aliphatic heterocycles. The number of aliphatic hydroxyl groups excluding tert-OH is 1. The van der Waals surface area contributed by atoms with Crippen LogP contribution >= 0.6 is 11.6 Å². The molecule has 6 rings (SSSR count). The molecule has 1 fully saturated rings. The predicted molar refractivity (Wildman–Crippen MR) is 188 cm³/mol. The summed E-state index contributed by atoms with van der Waals surface area (Å²) in [4.78, 5) is 41.8. The van der Waals surface area contributed by atoms with Crippen molar-refractivity contribution in [2.75, 3.05) is 38.8 Å². The maximum absolute atomic E-state index is 13.6. The average molecular weight is 731 g/mol. The van der Waals surface area contributed by atoms with E-state index in [9.17, 15) is 27.9 Å². The molecule has 2 aliphatic carbocycles. The van der Waals surface area contributed by atoms with Crippen LogP contribution in [0.1, 0.15) is 73.9 Å². The number of halogens is 1. The Kier molecular flexibility index (Phi) is 10.5. The number of anilines is 1. The molecule has 0 saturated heterocycles. The van der Waals surface area contributed by atoms with Gasteiger partial charge in [-0.15, -0.1) is 0 Å². The number of hydrogen-bond acceptors (Lipinski definition) is 10. The maximum atomic E-state index is 13.6. The van der Waals surface area contributed by atoms with Crippen molar-refractivity contribution in [3.63, 3.8) is 0 Å². The quantitative estimate of drug-likeness (QED) is 0.338. The maximum Gasteiger partial charge on any atom is 0.320 e. The van der Waals surface area contributed by atoms with Crippen LogP contribution in [-0.4, -0.2) is 76.6 Å². The van der Waals surface area contributed by atoms with Crippen LogP contribution in [0.2, 0.25) is 5.02 Å². The number of aliphatic hydroxyl groups is 1.